The van der Waals surface area contributed by atoms with E-state index in [1.807, 2.05) is 25.2 Å². The predicted octanol–water partition coefficient (Wildman–Crippen LogP) is 2.53. The third-order valence-electron chi connectivity index (χ3n) is 3.25. The second-order valence-corrected chi connectivity index (χ2v) is 5.42. The van der Waals surface area contributed by atoms with E-state index in [2.05, 4.69) is 9.88 Å². The molecule has 5 heteroatoms. The zero-order chi connectivity index (χ0) is 15.2. The molecule has 2 rings (SSSR count). The van der Waals surface area contributed by atoms with E-state index in [4.69, 9.17) is 18.0 Å². The number of halogens is 1. The van der Waals surface area contributed by atoms with Crippen LogP contribution in [0, 0.1) is 5.82 Å². The summed E-state index contributed by atoms with van der Waals surface area (Å²) in [5, 5.41) is 0. The quantitative estimate of drug-likeness (QED) is 0.833. The zero-order valence-corrected chi connectivity index (χ0v) is 12.7. The fourth-order valence-electron chi connectivity index (χ4n) is 2.05. The molecule has 1 aromatic heterocycles. The van der Waals surface area contributed by atoms with Crippen molar-refractivity contribution in [2.75, 3.05) is 13.6 Å². The van der Waals surface area contributed by atoms with Crippen molar-refractivity contribution in [3.63, 3.8) is 0 Å². The highest BCUT2D eigenvalue weighted by Gasteiger charge is 2.08. The van der Waals surface area contributed by atoms with Gasteiger partial charge in [0.1, 0.15) is 10.8 Å². The molecule has 0 aliphatic heterocycles. The predicted molar refractivity (Wildman–Crippen MR) is 86.6 cm³/mol. The summed E-state index contributed by atoms with van der Waals surface area (Å²) in [5.41, 5.74) is 7.72. The summed E-state index contributed by atoms with van der Waals surface area (Å²) in [4.78, 5) is 6.55. The van der Waals surface area contributed by atoms with Crippen LogP contribution in [0.4, 0.5) is 4.39 Å². The van der Waals surface area contributed by atoms with E-state index in [9.17, 15) is 4.39 Å². The molecule has 0 fully saturated rings. The van der Waals surface area contributed by atoms with E-state index in [0.717, 1.165) is 18.7 Å². The Hall–Kier alpha value is -1.85. The maximum atomic E-state index is 14.0. The van der Waals surface area contributed by atoms with Crippen molar-refractivity contribution >= 4 is 17.2 Å². The molecule has 0 spiro atoms. The van der Waals surface area contributed by atoms with E-state index in [0.29, 0.717) is 17.7 Å². The number of hydrogen-bond acceptors (Lipinski definition) is 3. The molecule has 21 heavy (non-hydrogen) atoms. The van der Waals surface area contributed by atoms with Crippen LogP contribution in [0.5, 0.6) is 0 Å². The number of pyridine rings is 1. The lowest BCUT2D eigenvalue weighted by Gasteiger charge is -2.17. The van der Waals surface area contributed by atoms with E-state index in [-0.39, 0.29) is 10.8 Å². The van der Waals surface area contributed by atoms with Crippen LogP contribution < -0.4 is 5.73 Å². The van der Waals surface area contributed by atoms with Gasteiger partial charge < -0.3 is 10.6 Å². The molecule has 0 saturated heterocycles. The van der Waals surface area contributed by atoms with Crippen LogP contribution in [0.15, 0.2) is 42.6 Å². The van der Waals surface area contributed by atoms with Crippen molar-refractivity contribution in [3.8, 4) is 0 Å². The van der Waals surface area contributed by atoms with Crippen LogP contribution in [-0.4, -0.2) is 28.5 Å². The maximum Gasteiger partial charge on any atom is 0.128 e. The molecule has 0 unspecified atom stereocenters. The number of nitrogens with zero attached hydrogens (tertiary/aromatic N) is 2. The minimum atomic E-state index is -0.273. The molecule has 0 radical (unpaired) electrons. The van der Waals surface area contributed by atoms with Gasteiger partial charge in [-0.25, -0.2) is 4.39 Å². The van der Waals surface area contributed by atoms with Crippen LogP contribution in [0.1, 0.15) is 16.8 Å². The van der Waals surface area contributed by atoms with Gasteiger partial charge in [0.05, 0.1) is 0 Å². The largest absolute Gasteiger partial charge is 0.389 e. The third kappa shape index (κ3) is 4.58. The summed E-state index contributed by atoms with van der Waals surface area (Å²) in [6.07, 6.45) is 2.62. The first-order chi connectivity index (χ1) is 10.1. The smallest absolute Gasteiger partial charge is 0.128 e. The number of benzene rings is 1. The lowest BCUT2D eigenvalue weighted by atomic mass is 10.1. The van der Waals surface area contributed by atoms with Gasteiger partial charge in [-0.3, -0.25) is 4.98 Å². The maximum absolute atomic E-state index is 14.0. The number of thiocarbonyl (C=S) groups is 1. The Morgan fingerprint density at radius 2 is 2.14 bits per heavy atom. The lowest BCUT2D eigenvalue weighted by molar-refractivity contribution is 0.324. The van der Waals surface area contributed by atoms with Gasteiger partial charge >= 0.3 is 0 Å². The van der Waals surface area contributed by atoms with Crippen LogP contribution in [0.3, 0.4) is 0 Å². The van der Waals surface area contributed by atoms with E-state index in [1.165, 1.54) is 6.07 Å². The molecule has 1 aromatic carbocycles. The SMILES string of the molecule is CN(CCc1ccccn1)Cc1ccc(C(N)=S)cc1F. The highest BCUT2D eigenvalue weighted by molar-refractivity contribution is 7.80. The minimum Gasteiger partial charge on any atom is -0.389 e. The molecule has 0 amide bonds. The van der Waals surface area contributed by atoms with Gasteiger partial charge in [0.25, 0.3) is 0 Å². The first-order valence-electron chi connectivity index (χ1n) is 6.73. The Labute approximate surface area is 129 Å². The van der Waals surface area contributed by atoms with Crippen LogP contribution >= 0.6 is 12.2 Å². The summed E-state index contributed by atoms with van der Waals surface area (Å²) in [7, 11) is 1.96. The average Bonchev–Trinajstić information content (AvgIpc) is 2.48. The Morgan fingerprint density at radius 1 is 1.33 bits per heavy atom. The van der Waals surface area contributed by atoms with Gasteiger partial charge in [-0.05, 0) is 25.2 Å². The Bertz CT molecular complexity index is 616. The molecule has 0 bridgehead atoms. The van der Waals surface area contributed by atoms with Gasteiger partial charge in [0.2, 0.25) is 0 Å². The molecular formula is C16H18FN3S. The summed E-state index contributed by atoms with van der Waals surface area (Å²) in [6, 6.07) is 10.7. The first-order valence-corrected chi connectivity index (χ1v) is 7.14. The fraction of sp³-hybridized carbons (Fsp3) is 0.250. The van der Waals surface area contributed by atoms with Crippen molar-refractivity contribution in [3.05, 3.63) is 65.2 Å². The lowest BCUT2D eigenvalue weighted by Crippen LogP contribution is -2.22. The van der Waals surface area contributed by atoms with Gasteiger partial charge in [0, 0.05) is 42.5 Å². The summed E-state index contributed by atoms with van der Waals surface area (Å²) >= 11 is 4.84. The Kier molecular flexibility index (Phi) is 5.36. The second kappa shape index (κ2) is 7.24. The third-order valence-corrected chi connectivity index (χ3v) is 3.49. The number of rotatable bonds is 6. The van der Waals surface area contributed by atoms with Gasteiger partial charge in [-0.1, -0.05) is 30.4 Å². The topological polar surface area (TPSA) is 42.2 Å². The average molecular weight is 303 g/mol. The molecular weight excluding hydrogens is 285 g/mol. The Balaban J connectivity index is 1.93. The molecule has 0 aliphatic rings. The summed E-state index contributed by atoms with van der Waals surface area (Å²) < 4.78 is 14.0. The zero-order valence-electron chi connectivity index (χ0n) is 11.9. The number of nitrogens with two attached hydrogens (primary N) is 1. The summed E-state index contributed by atoms with van der Waals surface area (Å²) in [6.45, 7) is 1.35. The molecule has 110 valence electrons. The first kappa shape index (κ1) is 15.5. The highest BCUT2D eigenvalue weighted by Crippen LogP contribution is 2.13. The van der Waals surface area contributed by atoms with Crippen LogP contribution in [0.25, 0.3) is 0 Å². The molecule has 0 saturated carbocycles. The molecule has 1 heterocycles. The second-order valence-electron chi connectivity index (χ2n) is 4.98. The van der Waals surface area contributed by atoms with Gasteiger partial charge in [-0.15, -0.1) is 0 Å². The fourth-order valence-corrected chi connectivity index (χ4v) is 2.18. The molecule has 3 nitrogen and oxygen atoms in total. The van der Waals surface area contributed by atoms with Crippen molar-refractivity contribution in [1.82, 2.24) is 9.88 Å². The van der Waals surface area contributed by atoms with Crippen molar-refractivity contribution in [2.45, 2.75) is 13.0 Å². The molecule has 0 atom stereocenters. The van der Waals surface area contributed by atoms with Gasteiger partial charge in [-0.2, -0.15) is 0 Å². The van der Waals surface area contributed by atoms with Crippen molar-refractivity contribution in [2.24, 2.45) is 5.73 Å². The van der Waals surface area contributed by atoms with Crippen molar-refractivity contribution in [1.29, 1.82) is 0 Å². The molecule has 0 aliphatic carbocycles. The van der Waals surface area contributed by atoms with E-state index in [1.54, 1.807) is 18.3 Å². The number of hydrogen-bond donors (Lipinski definition) is 1. The normalized spacial score (nSPS) is 10.8. The number of likely N-dealkylation sites (N-methyl/N-ethyl adjacent to an activating group) is 1. The van der Waals surface area contributed by atoms with E-state index < -0.39 is 0 Å². The van der Waals surface area contributed by atoms with Crippen LogP contribution in [-0.2, 0) is 13.0 Å². The highest BCUT2D eigenvalue weighted by atomic mass is 32.1. The molecule has 2 N–H and O–H groups in total. The number of aromatic nitrogens is 1. The Morgan fingerprint density at radius 3 is 2.76 bits per heavy atom. The van der Waals surface area contributed by atoms with Gasteiger partial charge in [0.15, 0.2) is 0 Å². The molecule has 2 aromatic rings. The van der Waals surface area contributed by atoms with E-state index >= 15 is 0 Å². The monoisotopic (exact) mass is 303 g/mol. The minimum absolute atomic E-state index is 0.212. The van der Waals surface area contributed by atoms with Crippen molar-refractivity contribution < 1.29 is 4.39 Å². The summed E-state index contributed by atoms with van der Waals surface area (Å²) in [5.74, 6) is -0.273. The standard InChI is InChI=1S/C16H18FN3S/c1-20(9-7-14-4-2-3-8-19-14)11-13-6-5-12(16(18)21)10-15(13)17/h2-6,8,10H,7,9,11H2,1H3,(H2,18,21). The van der Waals surface area contributed by atoms with Crippen LogP contribution in [0.2, 0.25) is 0 Å².